The number of rotatable bonds is 6. The van der Waals surface area contributed by atoms with Crippen LogP contribution < -0.4 is 10.1 Å². The van der Waals surface area contributed by atoms with Crippen LogP contribution >= 0.6 is 11.6 Å². The molecule has 0 saturated carbocycles. The summed E-state index contributed by atoms with van der Waals surface area (Å²) in [6.45, 7) is 26.4. The number of fused-ring (bicyclic) bond motifs is 2. The first-order chi connectivity index (χ1) is 25.8. The summed E-state index contributed by atoms with van der Waals surface area (Å²) in [6.07, 6.45) is 7.14. The number of aliphatic hydroxyl groups is 1. The molecule has 2 aromatic carbocycles. The Morgan fingerprint density at radius 2 is 1.63 bits per heavy atom. The second-order valence-electron chi connectivity index (χ2n) is 12.3. The second kappa shape index (κ2) is 23.1. The number of nitrogens with zero attached hydrogens (tertiary/aromatic N) is 4. The summed E-state index contributed by atoms with van der Waals surface area (Å²) in [7, 11) is 1.92. The van der Waals surface area contributed by atoms with Crippen molar-refractivity contribution in [2.24, 2.45) is 7.05 Å². The first-order valence-electron chi connectivity index (χ1n) is 19.0. The van der Waals surface area contributed by atoms with E-state index in [1.165, 1.54) is 0 Å². The number of aliphatic carboxylic acids is 1. The predicted octanol–water partition coefficient (Wildman–Crippen LogP) is 11.5. The van der Waals surface area contributed by atoms with Crippen molar-refractivity contribution in [3.63, 3.8) is 0 Å². The summed E-state index contributed by atoms with van der Waals surface area (Å²) in [5.74, 6) is -0.263. The maximum Gasteiger partial charge on any atom is 0.307 e. The Bertz CT molecular complexity index is 1960. The molecule has 54 heavy (non-hydrogen) atoms. The smallest absolute Gasteiger partial charge is 0.307 e. The Balaban J connectivity index is 0.000000998. The van der Waals surface area contributed by atoms with Crippen molar-refractivity contribution in [1.82, 2.24) is 19.7 Å². The van der Waals surface area contributed by atoms with Crippen molar-refractivity contribution in [2.75, 3.05) is 18.5 Å². The molecule has 0 amide bonds. The van der Waals surface area contributed by atoms with Crippen LogP contribution in [0.25, 0.3) is 44.9 Å². The van der Waals surface area contributed by atoms with Gasteiger partial charge in [-0.1, -0.05) is 73.1 Å². The van der Waals surface area contributed by atoms with E-state index in [9.17, 15) is 9.90 Å². The van der Waals surface area contributed by atoms with Crippen LogP contribution in [0.3, 0.4) is 0 Å². The molecule has 1 aliphatic rings. The molecule has 3 aromatic heterocycles. The quantitative estimate of drug-likeness (QED) is 0.156. The number of ether oxygens (including phenoxy) is 1. The van der Waals surface area contributed by atoms with Crippen molar-refractivity contribution < 1.29 is 19.7 Å². The SMILES string of the molecule is C/C(=C\c1c(C)ncc(CC(=O)O)c1-c1ccc2c(c1Cl)NCCO2)c1ccnc(-c2ccc3c(cnn3C)c2)c1.CC.CC.CC.CC.CC(C)(C)O. The first-order valence-corrected chi connectivity index (χ1v) is 19.4. The summed E-state index contributed by atoms with van der Waals surface area (Å²) in [5.41, 5.74) is 8.71. The van der Waals surface area contributed by atoms with Gasteiger partial charge in [-0.25, -0.2) is 0 Å². The third kappa shape index (κ3) is 13.0. The third-order valence-electron chi connectivity index (χ3n) is 7.39. The predicted molar refractivity (Wildman–Crippen MR) is 230 cm³/mol. The molecule has 5 aromatic rings. The van der Waals surface area contributed by atoms with Gasteiger partial charge in [-0.15, -0.1) is 0 Å². The molecule has 294 valence electrons. The maximum absolute atomic E-state index is 11.8. The van der Waals surface area contributed by atoms with Gasteiger partial charge in [0.1, 0.15) is 12.4 Å². The van der Waals surface area contributed by atoms with Crippen LogP contribution in [0.5, 0.6) is 5.75 Å². The standard InChI is InChI=1S/C32H28ClN5O3.C4H10O.4C2H6/c1-18(20-8-9-34-26(14-20)21-4-6-27-22(13-21)17-37-38(27)3)12-25-19(2)36-16-23(15-29(39)40)30(25)24-5-7-28-32(31(24)33)35-10-11-41-28;1-4(2,3)5;4*1-2/h4-9,12-14,16-17,35H,10-11,15H2,1-3H3,(H,39,40);5H,1-3H3;4*1-2H3/b18-12+;;;;;. The number of allylic oxidation sites excluding steroid dienone is 1. The molecule has 0 unspecified atom stereocenters. The summed E-state index contributed by atoms with van der Waals surface area (Å²) in [6, 6.07) is 14.0. The van der Waals surface area contributed by atoms with Crippen molar-refractivity contribution in [2.45, 2.75) is 102 Å². The maximum atomic E-state index is 11.8. The molecule has 4 heterocycles. The van der Waals surface area contributed by atoms with Crippen molar-refractivity contribution in [3.8, 4) is 28.1 Å². The number of carboxylic acid groups (broad SMARTS) is 1. The number of hydrogen-bond acceptors (Lipinski definition) is 7. The summed E-state index contributed by atoms with van der Waals surface area (Å²) >= 11 is 6.93. The van der Waals surface area contributed by atoms with Crippen molar-refractivity contribution >= 4 is 45.8 Å². The van der Waals surface area contributed by atoms with E-state index in [1.54, 1.807) is 33.2 Å². The van der Waals surface area contributed by atoms with Crippen LogP contribution in [0.2, 0.25) is 5.02 Å². The first kappa shape index (κ1) is 47.3. The number of benzene rings is 2. The van der Waals surface area contributed by atoms with Gasteiger partial charge >= 0.3 is 5.97 Å². The van der Waals surface area contributed by atoms with Crippen LogP contribution in [0, 0.1) is 6.92 Å². The zero-order valence-corrected chi connectivity index (χ0v) is 35.6. The Morgan fingerprint density at radius 3 is 2.26 bits per heavy atom. The zero-order valence-electron chi connectivity index (χ0n) is 34.8. The second-order valence-corrected chi connectivity index (χ2v) is 12.7. The molecule has 1 aliphatic heterocycles. The lowest BCUT2D eigenvalue weighted by Gasteiger charge is -2.23. The van der Waals surface area contributed by atoms with E-state index in [1.807, 2.05) is 124 Å². The number of carboxylic acids is 1. The molecule has 0 bridgehead atoms. The topological polar surface area (TPSA) is 122 Å². The fraction of sp³-hybridized carbons (Fsp3) is 0.409. The number of pyridine rings is 2. The molecule has 3 N–H and O–H groups in total. The largest absolute Gasteiger partial charge is 0.490 e. The lowest BCUT2D eigenvalue weighted by atomic mass is 9.90. The molecule has 0 atom stereocenters. The van der Waals surface area contributed by atoms with E-state index in [-0.39, 0.29) is 6.42 Å². The highest BCUT2D eigenvalue weighted by atomic mass is 35.5. The molecule has 0 fully saturated rings. The van der Waals surface area contributed by atoms with Gasteiger partial charge in [0.15, 0.2) is 0 Å². The van der Waals surface area contributed by atoms with Crippen LogP contribution in [0.15, 0.2) is 61.1 Å². The minimum absolute atomic E-state index is 0.184. The Labute approximate surface area is 328 Å². The number of halogens is 1. The molecule has 10 heteroatoms. The molecular formula is C44H62ClN5O4. The number of aromatic nitrogens is 4. The summed E-state index contributed by atoms with van der Waals surface area (Å²) < 4.78 is 7.61. The van der Waals surface area contributed by atoms with Crippen LogP contribution in [0.1, 0.15) is 105 Å². The molecule has 0 spiro atoms. The monoisotopic (exact) mass is 759 g/mol. The average molecular weight is 760 g/mol. The van der Waals surface area contributed by atoms with Gasteiger partial charge in [0.2, 0.25) is 0 Å². The van der Waals surface area contributed by atoms with E-state index in [4.69, 9.17) is 21.4 Å². The normalized spacial score (nSPS) is 11.4. The minimum Gasteiger partial charge on any atom is -0.490 e. The Hall–Kier alpha value is -4.73. The van der Waals surface area contributed by atoms with E-state index in [0.29, 0.717) is 35.2 Å². The lowest BCUT2D eigenvalue weighted by molar-refractivity contribution is -0.136. The third-order valence-corrected chi connectivity index (χ3v) is 7.78. The molecule has 0 saturated heterocycles. The molecule has 0 aliphatic carbocycles. The molecular weight excluding hydrogens is 698 g/mol. The molecule has 0 radical (unpaired) electrons. The molecule has 6 rings (SSSR count). The zero-order chi connectivity index (χ0) is 41.2. The minimum atomic E-state index is -0.941. The van der Waals surface area contributed by atoms with Crippen molar-refractivity contribution in [3.05, 3.63) is 88.5 Å². The van der Waals surface area contributed by atoms with Crippen LogP contribution in [0.4, 0.5) is 5.69 Å². The molecule has 9 nitrogen and oxygen atoms in total. The van der Waals surface area contributed by atoms with Gasteiger partial charge in [0.05, 0.1) is 40.1 Å². The number of anilines is 1. The van der Waals surface area contributed by atoms with Gasteiger partial charge < -0.3 is 20.3 Å². The van der Waals surface area contributed by atoms with Gasteiger partial charge in [0.25, 0.3) is 0 Å². The van der Waals surface area contributed by atoms with Gasteiger partial charge in [-0.05, 0) is 99.4 Å². The highest BCUT2D eigenvalue weighted by Crippen LogP contribution is 2.44. The fourth-order valence-electron chi connectivity index (χ4n) is 5.28. The highest BCUT2D eigenvalue weighted by molar-refractivity contribution is 6.36. The van der Waals surface area contributed by atoms with E-state index in [2.05, 4.69) is 32.5 Å². The van der Waals surface area contributed by atoms with E-state index >= 15 is 0 Å². The number of hydrogen-bond donors (Lipinski definition) is 3. The van der Waals surface area contributed by atoms with Gasteiger partial charge in [0, 0.05) is 53.8 Å². The Kier molecular flexibility index (Phi) is 20.3. The van der Waals surface area contributed by atoms with Crippen molar-refractivity contribution in [1.29, 1.82) is 0 Å². The summed E-state index contributed by atoms with van der Waals surface area (Å²) in [5, 5.41) is 27.4. The van der Waals surface area contributed by atoms with Gasteiger partial charge in [-0.3, -0.25) is 19.4 Å². The summed E-state index contributed by atoms with van der Waals surface area (Å²) in [4.78, 5) is 21.0. The van der Waals surface area contributed by atoms with Crippen LogP contribution in [-0.4, -0.2) is 54.7 Å². The highest BCUT2D eigenvalue weighted by Gasteiger charge is 2.23. The number of carbonyl (C=O) groups is 1. The Morgan fingerprint density at radius 1 is 0.981 bits per heavy atom. The van der Waals surface area contributed by atoms with Gasteiger partial charge in [-0.2, -0.15) is 5.10 Å². The number of aryl methyl sites for hydroxylation is 2. The number of nitrogens with one attached hydrogen (secondary N) is 1. The average Bonchev–Trinajstić information content (AvgIpc) is 3.55. The van der Waals surface area contributed by atoms with Crippen LogP contribution in [-0.2, 0) is 18.3 Å². The lowest BCUT2D eigenvalue weighted by Crippen LogP contribution is -2.18. The van der Waals surface area contributed by atoms with E-state index in [0.717, 1.165) is 55.7 Å². The fourth-order valence-corrected chi connectivity index (χ4v) is 5.60. The van der Waals surface area contributed by atoms with E-state index < -0.39 is 11.6 Å².